The predicted octanol–water partition coefficient (Wildman–Crippen LogP) is 9.46. The van der Waals surface area contributed by atoms with Crippen molar-refractivity contribution >= 4 is 54.0 Å². The summed E-state index contributed by atoms with van der Waals surface area (Å²) in [4.78, 5) is 0. The summed E-state index contributed by atoms with van der Waals surface area (Å²) in [6.07, 6.45) is 0. The van der Waals surface area contributed by atoms with Gasteiger partial charge in [-0.05, 0) is 51.2 Å². The second-order valence-corrected chi connectivity index (χ2v) is 11.3. The number of hydrogen-bond acceptors (Lipinski definition) is 1. The first-order chi connectivity index (χ1) is 17.1. The Morgan fingerprint density at radius 3 is 2.34 bits per heavy atom. The lowest BCUT2D eigenvalue weighted by atomic mass is 9.82. The van der Waals surface area contributed by atoms with Crippen molar-refractivity contribution in [2.24, 2.45) is 0 Å². The lowest BCUT2D eigenvalue weighted by Crippen LogP contribution is -2.14. The van der Waals surface area contributed by atoms with Crippen molar-refractivity contribution in [3.05, 3.63) is 114 Å². The van der Waals surface area contributed by atoms with E-state index in [0.29, 0.717) is 0 Å². The van der Waals surface area contributed by atoms with Crippen LogP contribution in [0, 0.1) is 0 Å². The fraction of sp³-hybridized carbons (Fsp3) is 0.0909. The van der Waals surface area contributed by atoms with Crippen LogP contribution in [0.5, 0.6) is 0 Å². The van der Waals surface area contributed by atoms with Crippen molar-refractivity contribution in [1.29, 1.82) is 0 Å². The summed E-state index contributed by atoms with van der Waals surface area (Å²) < 4.78 is 3.84. The minimum Gasteiger partial charge on any atom is -0.300 e. The number of para-hydroxylation sites is 1. The number of aromatic nitrogens is 1. The zero-order valence-corrected chi connectivity index (χ0v) is 20.5. The molecule has 7 aromatic rings. The predicted molar refractivity (Wildman–Crippen MR) is 151 cm³/mol. The summed E-state index contributed by atoms with van der Waals surface area (Å²) in [5, 5.41) is 7.87. The number of fused-ring (bicyclic) bond motifs is 10. The quantitative estimate of drug-likeness (QED) is 0.227. The van der Waals surface area contributed by atoms with Gasteiger partial charge in [0.05, 0.1) is 11.0 Å². The number of rotatable bonds is 1. The zero-order valence-electron chi connectivity index (χ0n) is 19.7. The van der Waals surface area contributed by atoms with Crippen molar-refractivity contribution in [1.82, 2.24) is 4.57 Å². The molecule has 0 aliphatic heterocycles. The third-order valence-corrected chi connectivity index (χ3v) is 9.10. The molecule has 0 fully saturated rings. The van der Waals surface area contributed by atoms with Gasteiger partial charge in [-0.15, -0.1) is 11.3 Å². The normalized spacial score (nSPS) is 14.2. The Bertz CT molecular complexity index is 1950. The van der Waals surface area contributed by atoms with Crippen LogP contribution in [0.3, 0.4) is 0 Å². The van der Waals surface area contributed by atoms with Crippen molar-refractivity contribution in [3.63, 3.8) is 0 Å². The molecule has 2 heterocycles. The minimum atomic E-state index is -0.0171. The molecule has 5 aromatic carbocycles. The molecule has 0 spiro atoms. The Kier molecular flexibility index (Phi) is 3.67. The molecule has 1 aliphatic rings. The Morgan fingerprint density at radius 1 is 0.657 bits per heavy atom. The number of benzene rings is 5. The molecule has 8 rings (SSSR count). The first kappa shape index (κ1) is 19.4. The average Bonchev–Trinajstić information content (AvgIpc) is 3.53. The van der Waals surface area contributed by atoms with Crippen LogP contribution in [0.25, 0.3) is 58.8 Å². The standard InChI is InChI=1S/C33H23NS/c1-33(2)25-12-6-4-11-24(25)31-26(33)18-16-20-15-17-23-22-10-5-7-13-27(22)34(32(23)30(20)31)29-19-21-9-3-8-14-28(21)35-29/h3-19H,1-2H3. The second-order valence-electron chi connectivity index (χ2n) is 10.2. The molecule has 0 atom stereocenters. The minimum absolute atomic E-state index is 0.0171. The molecule has 0 radical (unpaired) electrons. The topological polar surface area (TPSA) is 4.93 Å². The van der Waals surface area contributed by atoms with Crippen LogP contribution in [0.4, 0.5) is 0 Å². The molecule has 0 saturated heterocycles. The number of nitrogens with zero attached hydrogens (tertiary/aromatic N) is 1. The van der Waals surface area contributed by atoms with Crippen molar-refractivity contribution < 1.29 is 0 Å². The van der Waals surface area contributed by atoms with Gasteiger partial charge >= 0.3 is 0 Å². The van der Waals surface area contributed by atoms with Gasteiger partial charge in [0.1, 0.15) is 5.00 Å². The largest absolute Gasteiger partial charge is 0.300 e. The summed E-state index contributed by atoms with van der Waals surface area (Å²) in [6.45, 7) is 4.73. The molecule has 35 heavy (non-hydrogen) atoms. The third-order valence-electron chi connectivity index (χ3n) is 7.99. The lowest BCUT2D eigenvalue weighted by molar-refractivity contribution is 0.661. The van der Waals surface area contributed by atoms with E-state index < -0.39 is 0 Å². The number of hydrogen-bond donors (Lipinski definition) is 0. The fourth-order valence-corrected chi connectivity index (χ4v) is 7.45. The van der Waals surface area contributed by atoms with E-state index in [1.54, 1.807) is 0 Å². The molecular formula is C33H23NS. The SMILES string of the molecule is CC1(C)c2ccccc2-c2c1ccc1ccc3c4ccccc4n(-c4cc5ccccc5s4)c3c21. The van der Waals surface area contributed by atoms with Gasteiger partial charge in [-0.3, -0.25) is 4.57 Å². The fourth-order valence-electron chi connectivity index (χ4n) is 6.36. The Balaban J connectivity index is 1.63. The summed E-state index contributed by atoms with van der Waals surface area (Å²) in [6, 6.07) is 38.2. The third kappa shape index (κ3) is 2.42. The van der Waals surface area contributed by atoms with Crippen LogP contribution < -0.4 is 0 Å². The van der Waals surface area contributed by atoms with Gasteiger partial charge in [-0.2, -0.15) is 0 Å². The van der Waals surface area contributed by atoms with E-state index >= 15 is 0 Å². The van der Waals surface area contributed by atoms with Gasteiger partial charge in [-0.1, -0.05) is 98.8 Å². The first-order valence-electron chi connectivity index (χ1n) is 12.2. The smallest absolute Gasteiger partial charge is 0.101 e. The molecular weight excluding hydrogens is 442 g/mol. The summed E-state index contributed by atoms with van der Waals surface area (Å²) >= 11 is 1.87. The number of thiophene rings is 1. The van der Waals surface area contributed by atoms with Crippen molar-refractivity contribution in [2.75, 3.05) is 0 Å². The van der Waals surface area contributed by atoms with Gasteiger partial charge in [0.15, 0.2) is 0 Å². The highest BCUT2D eigenvalue weighted by Gasteiger charge is 2.36. The van der Waals surface area contributed by atoms with Crippen LogP contribution in [0.2, 0.25) is 0 Å². The van der Waals surface area contributed by atoms with E-state index in [2.05, 4.69) is 122 Å². The first-order valence-corrected chi connectivity index (χ1v) is 13.0. The zero-order chi connectivity index (χ0) is 23.3. The van der Waals surface area contributed by atoms with E-state index in [4.69, 9.17) is 0 Å². The van der Waals surface area contributed by atoms with Crippen LogP contribution in [-0.4, -0.2) is 4.57 Å². The van der Waals surface area contributed by atoms with Crippen molar-refractivity contribution in [3.8, 4) is 16.1 Å². The van der Waals surface area contributed by atoms with Crippen molar-refractivity contribution in [2.45, 2.75) is 19.3 Å². The van der Waals surface area contributed by atoms with E-state index in [1.165, 1.54) is 69.9 Å². The molecule has 0 unspecified atom stereocenters. The van der Waals surface area contributed by atoms with Crippen LogP contribution in [0.1, 0.15) is 25.0 Å². The summed E-state index contributed by atoms with van der Waals surface area (Å²) in [7, 11) is 0. The van der Waals surface area contributed by atoms with Gasteiger partial charge in [0.25, 0.3) is 0 Å². The van der Waals surface area contributed by atoms with Gasteiger partial charge in [-0.25, -0.2) is 0 Å². The van der Waals surface area contributed by atoms with E-state index in [9.17, 15) is 0 Å². The molecule has 0 saturated carbocycles. The molecule has 0 amide bonds. The Morgan fingerprint density at radius 2 is 1.43 bits per heavy atom. The molecule has 2 aromatic heterocycles. The summed E-state index contributed by atoms with van der Waals surface area (Å²) in [5.74, 6) is 0. The highest BCUT2D eigenvalue weighted by Crippen LogP contribution is 2.53. The average molecular weight is 466 g/mol. The highest BCUT2D eigenvalue weighted by atomic mass is 32.1. The van der Waals surface area contributed by atoms with E-state index in [-0.39, 0.29) is 5.41 Å². The van der Waals surface area contributed by atoms with Crippen LogP contribution >= 0.6 is 11.3 Å². The lowest BCUT2D eigenvalue weighted by Gasteiger charge is -2.21. The van der Waals surface area contributed by atoms with Gasteiger partial charge in [0, 0.05) is 26.3 Å². The molecule has 0 N–H and O–H groups in total. The molecule has 166 valence electrons. The maximum atomic E-state index is 2.52. The van der Waals surface area contributed by atoms with Crippen LogP contribution in [-0.2, 0) is 5.41 Å². The van der Waals surface area contributed by atoms with Gasteiger partial charge < -0.3 is 0 Å². The van der Waals surface area contributed by atoms with Crippen LogP contribution in [0.15, 0.2) is 103 Å². The maximum absolute atomic E-state index is 2.52. The monoisotopic (exact) mass is 465 g/mol. The molecule has 1 aliphatic carbocycles. The highest BCUT2D eigenvalue weighted by molar-refractivity contribution is 7.21. The van der Waals surface area contributed by atoms with E-state index in [0.717, 1.165) is 0 Å². The maximum Gasteiger partial charge on any atom is 0.101 e. The molecule has 0 bridgehead atoms. The Labute approximate surface area is 207 Å². The molecule has 1 nitrogen and oxygen atoms in total. The summed E-state index contributed by atoms with van der Waals surface area (Å²) in [5.41, 5.74) is 8.19. The Hall–Kier alpha value is -3.88. The molecule has 2 heteroatoms. The van der Waals surface area contributed by atoms with E-state index in [1.807, 2.05) is 11.3 Å². The van der Waals surface area contributed by atoms with Gasteiger partial charge in [0.2, 0.25) is 0 Å². The second kappa shape index (κ2) is 6.62.